The Morgan fingerprint density at radius 2 is 1.17 bits per heavy atom. The van der Waals surface area contributed by atoms with Crippen molar-refractivity contribution >= 4 is 70.9 Å². The van der Waals surface area contributed by atoms with Gasteiger partial charge in [-0.3, -0.25) is 68.2 Å². The highest BCUT2D eigenvalue weighted by molar-refractivity contribution is 6.00. The fourth-order valence-electron chi connectivity index (χ4n) is 14.2. The molecule has 26 atom stereocenters. The average molecular weight is 1520 g/mol. The number of amides is 12. The molecule has 0 radical (unpaired) electrons. The topological polar surface area (TPSA) is 656 Å². The minimum absolute atomic E-state index is 0.0780. The number of aliphatic hydroxyl groups excluding tert-OH is 13. The van der Waals surface area contributed by atoms with Crippen LogP contribution in [-0.4, -0.2) is 353 Å². The van der Waals surface area contributed by atoms with Crippen LogP contribution in [0.25, 0.3) is 0 Å². The maximum absolute atomic E-state index is 13.9. The van der Waals surface area contributed by atoms with Crippen LogP contribution in [0.4, 0.5) is 0 Å². The second-order valence-electron chi connectivity index (χ2n) is 28.2. The molecular formula is C66H96N14O27. The number of phenolic OH excluding ortho intramolecular Hbond substituents is 2. The summed E-state index contributed by atoms with van der Waals surface area (Å²) in [4.78, 5) is 166. The summed E-state index contributed by atoms with van der Waals surface area (Å²) in [6, 6.07) is -5.58. The van der Waals surface area contributed by atoms with Crippen LogP contribution in [0.2, 0.25) is 0 Å². The first-order chi connectivity index (χ1) is 50.4. The Bertz CT molecular complexity index is 3570. The maximum atomic E-state index is 13.9. The van der Waals surface area contributed by atoms with Crippen LogP contribution in [0.1, 0.15) is 51.7 Å². The summed E-state index contributed by atoms with van der Waals surface area (Å²) in [6.45, 7) is 1.93. The fraction of sp³-hybridized carbons (Fsp3) is 0.636. The van der Waals surface area contributed by atoms with Crippen molar-refractivity contribution in [2.45, 2.75) is 187 Å². The van der Waals surface area contributed by atoms with Crippen LogP contribution in [0.3, 0.4) is 0 Å². The van der Waals surface area contributed by atoms with Crippen molar-refractivity contribution in [3.8, 4) is 11.5 Å². The van der Waals surface area contributed by atoms with Gasteiger partial charge in [0.15, 0.2) is 0 Å². The van der Waals surface area contributed by atoms with Gasteiger partial charge in [0.25, 0.3) is 0 Å². The lowest BCUT2D eigenvalue weighted by Gasteiger charge is -2.33. The molecule has 0 aromatic heterocycles. The lowest BCUT2D eigenvalue weighted by molar-refractivity contribution is -0.147. The number of aromatic hydroxyl groups is 2. The van der Waals surface area contributed by atoms with E-state index in [9.17, 15) is 134 Å². The zero-order valence-electron chi connectivity index (χ0n) is 58.6. The minimum atomic E-state index is -1.90. The Kier molecular flexibility index (Phi) is 28.1. The van der Waals surface area contributed by atoms with E-state index < -0.39 is 255 Å². The number of likely N-dealkylation sites (tertiary alicyclic amines) is 2. The van der Waals surface area contributed by atoms with Gasteiger partial charge in [-0.2, -0.15) is 0 Å². The molecule has 41 nitrogen and oxygen atoms in total. The van der Waals surface area contributed by atoms with Crippen molar-refractivity contribution in [2.24, 2.45) is 29.4 Å². The molecule has 592 valence electrons. The summed E-state index contributed by atoms with van der Waals surface area (Å²) in [5, 5.41) is 178. The van der Waals surface area contributed by atoms with E-state index in [0.717, 1.165) is 19.6 Å². The molecule has 2 bridgehead atoms. The molecule has 7 fully saturated rings. The Labute approximate surface area is 610 Å². The summed E-state index contributed by atoms with van der Waals surface area (Å²) < 4.78 is 0. The van der Waals surface area contributed by atoms with Crippen molar-refractivity contribution in [1.82, 2.24) is 67.5 Å². The number of nitrogens with two attached hydrogens (primary N) is 1. The summed E-state index contributed by atoms with van der Waals surface area (Å²) in [5.41, 5.74) is 6.22. The molecule has 107 heavy (non-hydrogen) atoms. The standard InChI is InChI=1S/C33H49N7O14.C33H47N7O13/c1-13-10-40(24(25(13)46)27(34)48)32(53)19(12-41)36-30(51)23(21(45)7-15-3-5-16(43)6-4-15)38-29(50)20-8-17(44)11-39(20)33(54)22(14(2)42)37-28(49)18-9-35-31(52)26(18)47;1-13-10-40-24(25(13)46)31(51)38-27-26(47)18(9-34-27)28(48)36-22(14(2)42)33(53)39-11-17(44)8-20(39)29(49)37-23(30(50)35-19(12-41)32(40)52)21(45)7-15-3-5-16(43)6-4-15/h3-6,13-14,17-26,31,35,41-47,52H,7-12H2,1-2H3,(H2,34,48)(H,36,51)(H,37,49)(H,38,50);3-6,13-14,17-27,34,41-47H,7-12H2,1-2H3,(H,35,50)(H,36,48)(H,37,49)(H,38,51). The van der Waals surface area contributed by atoms with Crippen molar-refractivity contribution in [3.05, 3.63) is 59.7 Å². The SMILES string of the molecule is CC(O)C(NC(=O)C1CNC(O)C1O)C(=O)N1CC(O)CC1C(=O)NC(C(=O)NC(CO)C(=O)N1CC(C)C(O)C1C(N)=O)C(O)Cc1ccc(O)cc1.CC(O)C1NC(=O)C2CNC(NC(=O)C3C(O)C(C)CN3C(=O)C(CO)NC(=O)C(C(O)Cc3ccc(O)cc3)NC(=O)C3CC(O)CN3C1=O)C2O. The van der Waals surface area contributed by atoms with Gasteiger partial charge in [-0.05, 0) is 49.2 Å². The first kappa shape index (κ1) is 83.7. The van der Waals surface area contributed by atoms with Crippen LogP contribution >= 0.6 is 0 Å². The quantitative estimate of drug-likeness (QED) is 0.0621. The number of benzene rings is 2. The van der Waals surface area contributed by atoms with E-state index in [2.05, 4.69) is 47.9 Å². The number of carbonyl (C=O) groups is 12. The van der Waals surface area contributed by atoms with Gasteiger partial charge in [-0.25, -0.2) is 0 Å². The zero-order valence-corrected chi connectivity index (χ0v) is 58.6. The van der Waals surface area contributed by atoms with Crippen LogP contribution in [0.5, 0.6) is 11.5 Å². The van der Waals surface area contributed by atoms with Gasteiger partial charge >= 0.3 is 0 Å². The van der Waals surface area contributed by atoms with Gasteiger partial charge in [0.1, 0.15) is 96.5 Å². The Balaban J connectivity index is 0.000000270. The molecule has 12 amide bonds. The van der Waals surface area contributed by atoms with Crippen LogP contribution in [0.15, 0.2) is 48.5 Å². The third-order valence-corrected chi connectivity index (χ3v) is 20.3. The molecule has 2 aromatic carbocycles. The van der Waals surface area contributed by atoms with Crippen molar-refractivity contribution in [1.29, 1.82) is 0 Å². The number of β-amino-alcohol motifs (C(OH)–C–C–N with tert-alkyl or cyclic N) is 1. The number of aliphatic hydroxyl groups is 13. The molecule has 0 saturated carbocycles. The van der Waals surface area contributed by atoms with Crippen molar-refractivity contribution < 1.29 is 134 Å². The monoisotopic (exact) mass is 1520 g/mol. The van der Waals surface area contributed by atoms with E-state index >= 15 is 0 Å². The summed E-state index contributed by atoms with van der Waals surface area (Å²) in [7, 11) is 0. The van der Waals surface area contributed by atoms with Gasteiger partial charge in [-0.15, -0.1) is 0 Å². The second kappa shape index (κ2) is 35.9. The molecule has 9 rings (SSSR count). The van der Waals surface area contributed by atoms with Gasteiger partial charge < -0.3 is 139 Å². The van der Waals surface area contributed by atoms with Gasteiger partial charge in [0.2, 0.25) is 70.9 Å². The summed E-state index contributed by atoms with van der Waals surface area (Å²) in [5.74, 6) is -16.1. The Morgan fingerprint density at radius 1 is 0.579 bits per heavy atom. The largest absolute Gasteiger partial charge is 0.508 e. The third kappa shape index (κ3) is 19.3. The van der Waals surface area contributed by atoms with Crippen LogP contribution in [0, 0.1) is 23.7 Å². The number of phenols is 2. The van der Waals surface area contributed by atoms with E-state index in [0.29, 0.717) is 11.1 Å². The highest BCUT2D eigenvalue weighted by Gasteiger charge is 2.53. The first-order valence-corrected chi connectivity index (χ1v) is 34.7. The zero-order chi connectivity index (χ0) is 79.1. The van der Waals surface area contributed by atoms with Gasteiger partial charge in [0, 0.05) is 76.8 Å². The lowest BCUT2D eigenvalue weighted by Crippen LogP contribution is -2.63. The van der Waals surface area contributed by atoms with Crippen molar-refractivity contribution in [3.63, 3.8) is 0 Å². The number of nitrogens with zero attached hydrogens (tertiary/aromatic N) is 4. The lowest BCUT2D eigenvalue weighted by atomic mass is 9.99. The third-order valence-electron chi connectivity index (χ3n) is 20.3. The van der Waals surface area contributed by atoms with Crippen molar-refractivity contribution in [2.75, 3.05) is 52.5 Å². The average Bonchev–Trinajstić information content (AvgIpc) is 1.66. The molecule has 7 heterocycles. The molecule has 2 aromatic rings. The highest BCUT2D eigenvalue weighted by Crippen LogP contribution is 2.30. The summed E-state index contributed by atoms with van der Waals surface area (Å²) in [6.07, 6.45) is -18.9. The van der Waals surface area contributed by atoms with Crippen LogP contribution < -0.4 is 53.6 Å². The highest BCUT2D eigenvalue weighted by atomic mass is 16.3. The molecular weight excluding hydrogens is 1420 g/mol. The number of rotatable bonds is 19. The number of nitrogens with one attached hydrogen (secondary N) is 9. The number of hydrogen-bond acceptors (Lipinski definition) is 29. The van der Waals surface area contributed by atoms with Crippen LogP contribution in [-0.2, 0) is 70.4 Å². The molecule has 41 heteroatoms. The molecule has 7 saturated heterocycles. The first-order valence-electron chi connectivity index (χ1n) is 34.7. The molecule has 0 spiro atoms. The fourth-order valence-corrected chi connectivity index (χ4v) is 14.2. The van der Waals surface area contributed by atoms with E-state index in [4.69, 9.17) is 5.73 Å². The predicted octanol–water partition coefficient (Wildman–Crippen LogP) is -14.0. The number of primary amides is 1. The van der Waals surface area contributed by atoms with Gasteiger partial charge in [-0.1, -0.05) is 38.1 Å². The molecule has 7 aliphatic heterocycles. The number of hydrogen-bond donors (Lipinski definition) is 25. The minimum Gasteiger partial charge on any atom is -0.508 e. The molecule has 7 aliphatic rings. The predicted molar refractivity (Wildman–Crippen MR) is 360 cm³/mol. The van der Waals surface area contributed by atoms with Gasteiger partial charge in [0.05, 0.1) is 73.9 Å². The molecule has 26 unspecified atom stereocenters. The van der Waals surface area contributed by atoms with E-state index in [-0.39, 0.29) is 63.4 Å². The van der Waals surface area contributed by atoms with E-state index in [1.54, 1.807) is 13.8 Å². The molecule has 26 N–H and O–H groups in total. The second-order valence-corrected chi connectivity index (χ2v) is 28.2. The summed E-state index contributed by atoms with van der Waals surface area (Å²) >= 11 is 0. The normalized spacial score (nSPS) is 32.6. The maximum Gasteiger partial charge on any atom is 0.248 e. The molecule has 0 aliphatic carbocycles. The van der Waals surface area contributed by atoms with E-state index in [1.807, 2.05) is 0 Å². The number of fused-ring (bicyclic) bond motifs is 4. The Hall–Kier alpha value is -8.92. The smallest absolute Gasteiger partial charge is 0.248 e. The van der Waals surface area contributed by atoms with E-state index in [1.165, 1.54) is 62.4 Å². The Morgan fingerprint density at radius 3 is 1.74 bits per heavy atom. The number of carbonyl (C=O) groups excluding carboxylic acids is 12.